The molecular formula is C60H44N2. The van der Waals surface area contributed by atoms with E-state index in [-0.39, 0.29) is 0 Å². The quantitative estimate of drug-likeness (QED) is 0.180. The van der Waals surface area contributed by atoms with Crippen molar-refractivity contribution in [2.75, 3.05) is 10.2 Å². The van der Waals surface area contributed by atoms with Gasteiger partial charge in [0.25, 0.3) is 0 Å². The predicted octanol–water partition coefficient (Wildman–Crippen LogP) is 16.3. The maximum absolute atomic E-state index is 3.69. The summed E-state index contributed by atoms with van der Waals surface area (Å²) in [4.78, 5) is 2.37. The first-order valence-corrected chi connectivity index (χ1v) is 21.6. The third-order valence-corrected chi connectivity index (χ3v) is 12.4. The lowest BCUT2D eigenvalue weighted by atomic mass is 9.80. The molecular weight excluding hydrogens is 749 g/mol. The summed E-state index contributed by atoms with van der Waals surface area (Å²) < 4.78 is 0. The maximum atomic E-state index is 3.69. The summed E-state index contributed by atoms with van der Waals surface area (Å²) in [5.74, 6) is 0. The van der Waals surface area contributed by atoms with Crippen LogP contribution in [-0.4, -0.2) is 0 Å². The van der Waals surface area contributed by atoms with Crippen molar-refractivity contribution in [3.8, 4) is 33.4 Å². The van der Waals surface area contributed by atoms with Crippen LogP contribution in [0.3, 0.4) is 0 Å². The molecule has 62 heavy (non-hydrogen) atoms. The third kappa shape index (κ3) is 6.92. The molecule has 11 rings (SSSR count). The van der Waals surface area contributed by atoms with Gasteiger partial charge in [-0.1, -0.05) is 176 Å². The SMILES string of the molecule is C1=Cc2c3c(c4ccccc4c2CC1)/C(c1ccc(N(c2ccc(-c4ccccc4)cc2)c2ccc(-c4ccccc4)cc2)cc1)=C\c1ccccc1-c1ccccc1NC=C3. The van der Waals surface area contributed by atoms with Gasteiger partial charge in [0.1, 0.15) is 0 Å². The summed E-state index contributed by atoms with van der Waals surface area (Å²) in [5.41, 5.74) is 20.2. The molecule has 1 aliphatic carbocycles. The Kier molecular flexibility index (Phi) is 9.72. The third-order valence-electron chi connectivity index (χ3n) is 12.4. The molecule has 0 unspecified atom stereocenters. The van der Waals surface area contributed by atoms with Crippen LogP contribution in [0.4, 0.5) is 22.7 Å². The number of fused-ring (bicyclic) bond motifs is 9. The number of benzene rings is 9. The molecule has 0 saturated carbocycles. The molecule has 0 radical (unpaired) electrons. The second-order valence-electron chi connectivity index (χ2n) is 16.0. The summed E-state index contributed by atoms with van der Waals surface area (Å²) in [5, 5.41) is 6.29. The number of aryl methyl sites for hydroxylation is 1. The zero-order valence-corrected chi connectivity index (χ0v) is 34.4. The van der Waals surface area contributed by atoms with Crippen molar-refractivity contribution in [2.45, 2.75) is 12.8 Å². The fraction of sp³-hybridized carbons (Fsp3) is 0.0333. The monoisotopic (exact) mass is 792 g/mol. The Bertz CT molecular complexity index is 3070. The van der Waals surface area contributed by atoms with Gasteiger partial charge in [0.2, 0.25) is 0 Å². The van der Waals surface area contributed by atoms with Crippen LogP contribution in [0.2, 0.25) is 0 Å². The fourth-order valence-corrected chi connectivity index (χ4v) is 9.39. The van der Waals surface area contributed by atoms with Crippen LogP contribution in [-0.2, 0) is 6.42 Å². The number of nitrogens with one attached hydrogen (secondary N) is 1. The van der Waals surface area contributed by atoms with E-state index >= 15 is 0 Å². The zero-order chi connectivity index (χ0) is 41.2. The van der Waals surface area contributed by atoms with E-state index in [9.17, 15) is 0 Å². The number of anilines is 4. The largest absolute Gasteiger partial charge is 0.361 e. The molecule has 1 aliphatic heterocycles. The molecule has 294 valence electrons. The normalized spacial score (nSPS) is 13.6. The van der Waals surface area contributed by atoms with Gasteiger partial charge in [0, 0.05) is 34.5 Å². The minimum absolute atomic E-state index is 1.02. The van der Waals surface area contributed by atoms with E-state index in [1.54, 1.807) is 0 Å². The van der Waals surface area contributed by atoms with E-state index in [1.165, 1.54) is 77.5 Å². The van der Waals surface area contributed by atoms with Crippen LogP contribution < -0.4 is 10.2 Å². The Hall–Kier alpha value is -7.94. The molecule has 0 spiro atoms. The number of nitrogens with zero attached hydrogens (tertiary/aromatic N) is 1. The topological polar surface area (TPSA) is 15.3 Å². The molecule has 0 aromatic heterocycles. The van der Waals surface area contributed by atoms with Gasteiger partial charge >= 0.3 is 0 Å². The molecule has 2 heteroatoms. The van der Waals surface area contributed by atoms with Crippen molar-refractivity contribution in [1.29, 1.82) is 0 Å². The van der Waals surface area contributed by atoms with Crippen LogP contribution in [0, 0.1) is 0 Å². The average Bonchev–Trinajstić information content (AvgIpc) is 3.37. The Morgan fingerprint density at radius 1 is 0.403 bits per heavy atom. The Morgan fingerprint density at radius 2 is 0.919 bits per heavy atom. The summed E-state index contributed by atoms with van der Waals surface area (Å²) in [6.07, 6.45) is 13.6. The van der Waals surface area contributed by atoms with Gasteiger partial charge in [-0.25, -0.2) is 0 Å². The molecule has 0 amide bonds. The molecule has 2 nitrogen and oxygen atoms in total. The van der Waals surface area contributed by atoms with E-state index in [0.29, 0.717) is 0 Å². The number of rotatable bonds is 6. The number of para-hydroxylation sites is 1. The van der Waals surface area contributed by atoms with Crippen molar-refractivity contribution >= 4 is 57.3 Å². The Labute approximate surface area is 364 Å². The molecule has 0 bridgehead atoms. The summed E-state index contributed by atoms with van der Waals surface area (Å²) in [7, 11) is 0. The predicted molar refractivity (Wildman–Crippen MR) is 265 cm³/mol. The van der Waals surface area contributed by atoms with Gasteiger partial charge < -0.3 is 10.2 Å². The summed E-state index contributed by atoms with van der Waals surface area (Å²) in [6.45, 7) is 0. The minimum Gasteiger partial charge on any atom is -0.361 e. The van der Waals surface area contributed by atoms with Gasteiger partial charge in [-0.3, -0.25) is 0 Å². The highest BCUT2D eigenvalue weighted by Gasteiger charge is 2.23. The first-order valence-electron chi connectivity index (χ1n) is 21.6. The van der Waals surface area contributed by atoms with Crippen LogP contribution in [0.15, 0.2) is 219 Å². The van der Waals surface area contributed by atoms with E-state index in [0.717, 1.165) is 41.2 Å². The van der Waals surface area contributed by atoms with Crippen LogP contribution in [0.25, 0.3) is 68.0 Å². The van der Waals surface area contributed by atoms with Crippen LogP contribution in [0.5, 0.6) is 0 Å². The molecule has 9 aromatic rings. The van der Waals surface area contributed by atoms with Gasteiger partial charge in [-0.15, -0.1) is 0 Å². The zero-order valence-electron chi connectivity index (χ0n) is 34.4. The van der Waals surface area contributed by atoms with E-state index < -0.39 is 0 Å². The average molecular weight is 793 g/mol. The van der Waals surface area contributed by atoms with Gasteiger partial charge in [0.05, 0.1) is 0 Å². The molecule has 1 heterocycles. The molecule has 9 aromatic carbocycles. The summed E-state index contributed by atoms with van der Waals surface area (Å²) in [6, 6.07) is 74.7. The van der Waals surface area contributed by atoms with Crippen molar-refractivity contribution in [3.63, 3.8) is 0 Å². The lowest BCUT2D eigenvalue weighted by molar-refractivity contribution is 0.996. The van der Waals surface area contributed by atoms with Crippen molar-refractivity contribution in [3.05, 3.63) is 252 Å². The van der Waals surface area contributed by atoms with E-state index in [1.807, 2.05) is 0 Å². The van der Waals surface area contributed by atoms with Crippen molar-refractivity contribution in [1.82, 2.24) is 0 Å². The molecule has 1 N–H and O–H groups in total. The maximum Gasteiger partial charge on any atom is 0.0462 e. The first kappa shape index (κ1) is 37.1. The highest BCUT2D eigenvalue weighted by molar-refractivity contribution is 6.09. The van der Waals surface area contributed by atoms with Gasteiger partial charge in [-0.05, 0) is 145 Å². The van der Waals surface area contributed by atoms with Gasteiger partial charge in [-0.2, -0.15) is 0 Å². The smallest absolute Gasteiger partial charge is 0.0462 e. The Balaban J connectivity index is 1.10. The highest BCUT2D eigenvalue weighted by Crippen LogP contribution is 2.44. The highest BCUT2D eigenvalue weighted by atomic mass is 15.1. The van der Waals surface area contributed by atoms with Crippen LogP contribution in [0.1, 0.15) is 39.8 Å². The van der Waals surface area contributed by atoms with Gasteiger partial charge in [0.15, 0.2) is 0 Å². The second kappa shape index (κ2) is 16.3. The number of allylic oxidation sites excluding steroid dienone is 1. The van der Waals surface area contributed by atoms with Crippen molar-refractivity contribution < 1.29 is 0 Å². The Morgan fingerprint density at radius 3 is 1.56 bits per heavy atom. The van der Waals surface area contributed by atoms with E-state index in [2.05, 4.69) is 247 Å². The minimum atomic E-state index is 1.02. The van der Waals surface area contributed by atoms with Crippen molar-refractivity contribution in [2.24, 2.45) is 0 Å². The number of hydrogen-bond donors (Lipinski definition) is 1. The lowest BCUT2D eigenvalue weighted by Crippen LogP contribution is -2.10. The first-order chi connectivity index (χ1) is 30.8. The van der Waals surface area contributed by atoms with Crippen LogP contribution >= 0.6 is 0 Å². The molecule has 0 saturated heterocycles. The second-order valence-corrected chi connectivity index (χ2v) is 16.0. The van der Waals surface area contributed by atoms with E-state index in [4.69, 9.17) is 0 Å². The summed E-state index contributed by atoms with van der Waals surface area (Å²) >= 11 is 0. The molecule has 2 aliphatic rings. The molecule has 0 atom stereocenters. The molecule has 0 fully saturated rings. The fourth-order valence-electron chi connectivity index (χ4n) is 9.39. The number of hydrogen-bond acceptors (Lipinski definition) is 2. The lowest BCUT2D eigenvalue weighted by Gasteiger charge is -2.27. The standard InChI is InChI=1S/C60H44N2/c1-3-15-42(16-4-1)44-27-33-48(34-28-44)62(49-35-29-45(30-36-49)43-17-5-2-6-18-43)50-37-31-46(32-38-50)58-41-47-19-7-8-20-51(47)55-24-13-14-26-59(55)61-40-39-57-54-23-10-9-21-52(54)53-22-11-12-25-56(53)60(57)58/h1-8,10-20,22-41,61H,9,21H2/b40-39?,58-41-.